The summed E-state index contributed by atoms with van der Waals surface area (Å²) in [7, 11) is 0. The second-order valence-electron chi connectivity index (χ2n) is 4.75. The molecule has 0 amide bonds. The molecule has 4 heteroatoms. The number of benzene rings is 1. The molecule has 0 N–H and O–H groups in total. The highest BCUT2D eigenvalue weighted by molar-refractivity contribution is 6.20. The van der Waals surface area contributed by atoms with Crippen LogP contribution in [0, 0.1) is 0 Å². The third-order valence-electron chi connectivity index (χ3n) is 3.48. The van der Waals surface area contributed by atoms with Crippen LogP contribution >= 0.6 is 11.6 Å². The number of hydrogen-bond acceptors (Lipinski definition) is 3. The molecule has 2 aromatic rings. The maximum absolute atomic E-state index is 5.97. The van der Waals surface area contributed by atoms with E-state index in [1.807, 2.05) is 6.92 Å². The number of nitrogens with zero attached hydrogens (tertiary/aromatic N) is 2. The minimum atomic E-state index is -0.207. The van der Waals surface area contributed by atoms with Crippen molar-refractivity contribution in [2.45, 2.75) is 37.5 Å². The van der Waals surface area contributed by atoms with Crippen molar-refractivity contribution in [2.24, 2.45) is 0 Å². The third kappa shape index (κ3) is 2.03. The molecular formula is C14H15ClN2O. The van der Waals surface area contributed by atoms with E-state index in [1.165, 1.54) is 11.1 Å². The topological polar surface area (TPSA) is 38.9 Å². The van der Waals surface area contributed by atoms with Crippen LogP contribution in [-0.2, 0) is 6.42 Å². The van der Waals surface area contributed by atoms with Gasteiger partial charge in [-0.15, -0.1) is 11.6 Å². The molecular weight excluding hydrogens is 248 g/mol. The van der Waals surface area contributed by atoms with Gasteiger partial charge in [0.25, 0.3) is 0 Å². The summed E-state index contributed by atoms with van der Waals surface area (Å²) in [6.45, 7) is 1.85. The minimum Gasteiger partial charge on any atom is -0.339 e. The Labute approximate surface area is 111 Å². The van der Waals surface area contributed by atoms with E-state index in [9.17, 15) is 0 Å². The van der Waals surface area contributed by atoms with Gasteiger partial charge in [-0.05, 0) is 37.3 Å². The van der Waals surface area contributed by atoms with E-state index in [0.717, 1.165) is 19.3 Å². The lowest BCUT2D eigenvalue weighted by Crippen LogP contribution is -2.11. The number of rotatable bonds is 2. The first-order valence-electron chi connectivity index (χ1n) is 6.31. The van der Waals surface area contributed by atoms with Crippen molar-refractivity contribution in [3.63, 3.8) is 0 Å². The molecule has 3 rings (SSSR count). The summed E-state index contributed by atoms with van der Waals surface area (Å²) in [5.74, 6) is 1.51. The van der Waals surface area contributed by atoms with Gasteiger partial charge in [0.15, 0.2) is 5.82 Å². The van der Waals surface area contributed by atoms with Crippen LogP contribution in [0.5, 0.6) is 0 Å². The van der Waals surface area contributed by atoms with E-state index in [1.54, 1.807) is 0 Å². The van der Waals surface area contributed by atoms with Gasteiger partial charge >= 0.3 is 0 Å². The Morgan fingerprint density at radius 2 is 2.22 bits per heavy atom. The molecule has 1 aromatic heterocycles. The maximum Gasteiger partial charge on any atom is 0.234 e. The fourth-order valence-electron chi connectivity index (χ4n) is 2.56. The lowest BCUT2D eigenvalue weighted by Gasteiger charge is -2.22. The van der Waals surface area contributed by atoms with Gasteiger partial charge in [0.05, 0.1) is 11.3 Å². The number of halogens is 1. The van der Waals surface area contributed by atoms with Gasteiger partial charge in [-0.3, -0.25) is 0 Å². The number of aryl methyl sites for hydroxylation is 1. The first-order valence-corrected chi connectivity index (χ1v) is 6.74. The van der Waals surface area contributed by atoms with Crippen LogP contribution in [-0.4, -0.2) is 10.1 Å². The summed E-state index contributed by atoms with van der Waals surface area (Å²) >= 11 is 5.97. The number of aromatic nitrogens is 2. The summed E-state index contributed by atoms with van der Waals surface area (Å²) in [6, 6.07) is 8.50. The van der Waals surface area contributed by atoms with Gasteiger partial charge in [0.2, 0.25) is 5.89 Å². The van der Waals surface area contributed by atoms with Crippen molar-refractivity contribution in [3.8, 4) is 0 Å². The molecule has 0 radical (unpaired) electrons. The van der Waals surface area contributed by atoms with Crippen LogP contribution in [0.25, 0.3) is 0 Å². The van der Waals surface area contributed by atoms with Gasteiger partial charge < -0.3 is 4.52 Å². The van der Waals surface area contributed by atoms with Crippen molar-refractivity contribution < 1.29 is 4.52 Å². The average Bonchev–Trinajstić information content (AvgIpc) is 2.87. The fraction of sp³-hybridized carbons (Fsp3) is 0.429. The quantitative estimate of drug-likeness (QED) is 0.772. The Morgan fingerprint density at radius 1 is 1.39 bits per heavy atom. The molecule has 0 bridgehead atoms. The average molecular weight is 263 g/mol. The van der Waals surface area contributed by atoms with E-state index < -0.39 is 0 Å². The van der Waals surface area contributed by atoms with Gasteiger partial charge in [-0.1, -0.05) is 29.4 Å². The molecule has 1 heterocycles. The number of fused-ring (bicyclic) bond motifs is 1. The van der Waals surface area contributed by atoms with E-state index in [2.05, 4.69) is 34.4 Å². The van der Waals surface area contributed by atoms with Crippen LogP contribution in [0.15, 0.2) is 28.8 Å². The summed E-state index contributed by atoms with van der Waals surface area (Å²) in [4.78, 5) is 4.42. The smallest absolute Gasteiger partial charge is 0.234 e. The molecule has 0 aliphatic heterocycles. The van der Waals surface area contributed by atoms with E-state index in [4.69, 9.17) is 16.1 Å². The standard InChI is InChI=1S/C14H15ClN2O/c1-9(15)13-16-14(18-17-13)12-8-4-6-10-5-2-3-7-11(10)12/h2-3,5,7,9,12H,4,6,8H2,1H3. The SMILES string of the molecule is CC(Cl)c1noc(C2CCCc3ccccc32)n1. The molecule has 3 nitrogen and oxygen atoms in total. The molecule has 1 aliphatic carbocycles. The van der Waals surface area contributed by atoms with Crippen LogP contribution in [0.4, 0.5) is 0 Å². The highest BCUT2D eigenvalue weighted by atomic mass is 35.5. The van der Waals surface area contributed by atoms with E-state index in [0.29, 0.717) is 11.7 Å². The molecule has 2 unspecified atom stereocenters. The van der Waals surface area contributed by atoms with E-state index >= 15 is 0 Å². The molecule has 18 heavy (non-hydrogen) atoms. The van der Waals surface area contributed by atoms with Gasteiger partial charge in [0, 0.05) is 0 Å². The number of hydrogen-bond donors (Lipinski definition) is 0. The minimum absolute atomic E-state index is 0.207. The normalized spacial score (nSPS) is 20.4. The Bertz CT molecular complexity index is 550. The van der Waals surface area contributed by atoms with Gasteiger partial charge in [-0.25, -0.2) is 0 Å². The first-order chi connectivity index (χ1) is 8.75. The maximum atomic E-state index is 5.97. The predicted molar refractivity (Wildman–Crippen MR) is 69.8 cm³/mol. The molecule has 2 atom stereocenters. The monoisotopic (exact) mass is 262 g/mol. The van der Waals surface area contributed by atoms with Crippen LogP contribution in [0.2, 0.25) is 0 Å². The molecule has 94 valence electrons. The Balaban J connectivity index is 1.97. The van der Waals surface area contributed by atoms with Crippen LogP contribution in [0.3, 0.4) is 0 Å². The Hall–Kier alpha value is -1.35. The van der Waals surface area contributed by atoms with Gasteiger partial charge in [-0.2, -0.15) is 4.98 Å². The van der Waals surface area contributed by atoms with Crippen molar-refractivity contribution >= 4 is 11.6 Å². The largest absolute Gasteiger partial charge is 0.339 e. The lowest BCUT2D eigenvalue weighted by atomic mass is 9.83. The fourth-order valence-corrected chi connectivity index (χ4v) is 2.65. The van der Waals surface area contributed by atoms with Crippen LogP contribution < -0.4 is 0 Å². The summed E-state index contributed by atoms with van der Waals surface area (Å²) in [6.07, 6.45) is 3.37. The van der Waals surface area contributed by atoms with Crippen molar-refractivity contribution in [3.05, 3.63) is 47.1 Å². The number of alkyl halides is 1. The van der Waals surface area contributed by atoms with Crippen molar-refractivity contribution in [1.82, 2.24) is 10.1 Å². The second-order valence-corrected chi connectivity index (χ2v) is 5.41. The summed E-state index contributed by atoms with van der Waals surface area (Å²) < 4.78 is 5.38. The Kier molecular flexibility index (Phi) is 3.08. The predicted octanol–water partition coefficient (Wildman–Crippen LogP) is 3.84. The summed E-state index contributed by atoms with van der Waals surface area (Å²) in [5.41, 5.74) is 2.72. The van der Waals surface area contributed by atoms with E-state index in [-0.39, 0.29) is 11.3 Å². The zero-order chi connectivity index (χ0) is 12.5. The van der Waals surface area contributed by atoms with Crippen LogP contribution in [0.1, 0.15) is 53.9 Å². The molecule has 0 spiro atoms. The van der Waals surface area contributed by atoms with Crippen molar-refractivity contribution in [1.29, 1.82) is 0 Å². The van der Waals surface area contributed by atoms with Crippen molar-refractivity contribution in [2.75, 3.05) is 0 Å². The van der Waals surface area contributed by atoms with Gasteiger partial charge in [0.1, 0.15) is 0 Å². The molecule has 0 saturated heterocycles. The molecule has 1 aromatic carbocycles. The zero-order valence-corrected chi connectivity index (χ0v) is 11.0. The zero-order valence-electron chi connectivity index (χ0n) is 10.3. The second kappa shape index (κ2) is 4.73. The Morgan fingerprint density at radius 3 is 3.00 bits per heavy atom. The lowest BCUT2D eigenvalue weighted by molar-refractivity contribution is 0.350. The highest BCUT2D eigenvalue weighted by Gasteiger charge is 2.26. The molecule has 1 aliphatic rings. The first kappa shape index (κ1) is 11.7. The highest BCUT2D eigenvalue weighted by Crippen LogP contribution is 2.36. The molecule has 0 saturated carbocycles. The third-order valence-corrected chi connectivity index (χ3v) is 3.68. The molecule has 0 fully saturated rings. The summed E-state index contributed by atoms with van der Waals surface area (Å²) in [5, 5.41) is 3.74.